The van der Waals surface area contributed by atoms with Gasteiger partial charge in [-0.1, -0.05) is 28.1 Å². The smallest absolute Gasteiger partial charge is 0.400 e. The van der Waals surface area contributed by atoms with Crippen molar-refractivity contribution in [1.82, 2.24) is 9.91 Å². The van der Waals surface area contributed by atoms with Gasteiger partial charge in [0, 0.05) is 4.47 Å². The third kappa shape index (κ3) is 3.74. The van der Waals surface area contributed by atoms with E-state index in [1.807, 2.05) is 12.1 Å². The summed E-state index contributed by atoms with van der Waals surface area (Å²) in [7, 11) is 0. The number of furan rings is 1. The Bertz CT molecular complexity index is 861. The van der Waals surface area contributed by atoms with Crippen molar-refractivity contribution in [1.29, 1.82) is 0 Å². The van der Waals surface area contributed by atoms with Crippen LogP contribution in [0, 0.1) is 10.1 Å². The molecule has 0 unspecified atom stereocenters. The Hall–Kier alpha value is -3.01. The molecule has 10 heteroatoms. The maximum absolute atomic E-state index is 12.3. The van der Waals surface area contributed by atoms with Gasteiger partial charge in [-0.3, -0.25) is 19.8 Å². The van der Waals surface area contributed by atoms with E-state index in [1.54, 1.807) is 12.1 Å². The number of benzene rings is 1. The third-order valence-electron chi connectivity index (χ3n) is 3.41. The number of hydrogen-bond donors (Lipinski definition) is 0. The van der Waals surface area contributed by atoms with Crippen LogP contribution in [-0.4, -0.2) is 39.5 Å². The first-order chi connectivity index (χ1) is 11.9. The second-order valence-corrected chi connectivity index (χ2v) is 6.04. The van der Waals surface area contributed by atoms with E-state index in [1.165, 1.54) is 12.1 Å². The molecule has 0 atom stereocenters. The normalized spacial score (nSPS) is 14.8. The topological polar surface area (TPSA) is 109 Å². The molecular weight excluding hydrogens is 396 g/mol. The molecule has 25 heavy (non-hydrogen) atoms. The van der Waals surface area contributed by atoms with Gasteiger partial charge < -0.3 is 4.42 Å². The zero-order chi connectivity index (χ0) is 18.0. The Balaban J connectivity index is 1.68. The molecule has 128 valence electrons. The Labute approximate surface area is 149 Å². The quantitative estimate of drug-likeness (QED) is 0.328. The highest BCUT2D eigenvalue weighted by Gasteiger charge is 2.36. The lowest BCUT2D eigenvalue weighted by Gasteiger charge is -2.13. The molecule has 1 aliphatic heterocycles. The predicted octanol–water partition coefficient (Wildman–Crippen LogP) is 2.75. The van der Waals surface area contributed by atoms with E-state index < -0.39 is 16.8 Å². The fraction of sp³-hybridized carbons (Fsp3) is 0.133. The average molecular weight is 407 g/mol. The van der Waals surface area contributed by atoms with Gasteiger partial charge in [0.1, 0.15) is 11.5 Å². The lowest BCUT2D eigenvalue weighted by atomic mass is 10.2. The highest BCUT2D eigenvalue weighted by atomic mass is 79.9. The minimum Gasteiger partial charge on any atom is -0.400 e. The van der Waals surface area contributed by atoms with Crippen molar-refractivity contribution in [2.75, 3.05) is 6.54 Å². The number of imide groups is 1. The summed E-state index contributed by atoms with van der Waals surface area (Å²) in [6.07, 6.45) is 1.15. The van der Waals surface area contributed by atoms with Crippen LogP contribution in [0.25, 0.3) is 0 Å². The molecule has 1 saturated heterocycles. The van der Waals surface area contributed by atoms with Crippen molar-refractivity contribution in [2.24, 2.45) is 5.10 Å². The number of nitro groups is 1. The molecule has 1 fully saturated rings. The maximum atomic E-state index is 12.3. The second-order valence-electron chi connectivity index (χ2n) is 5.12. The van der Waals surface area contributed by atoms with Crippen LogP contribution in [0.2, 0.25) is 0 Å². The highest BCUT2D eigenvalue weighted by molar-refractivity contribution is 9.10. The standard InChI is InChI=1S/C15H11BrN4O5/c16-11-3-1-10(2-4-11)8-18-13(21)9-19(15(18)22)17-7-12-5-6-14(25-12)20(23)24/h1-7H,8-9H2/b17-7+. The van der Waals surface area contributed by atoms with Crippen LogP contribution in [0.5, 0.6) is 0 Å². The van der Waals surface area contributed by atoms with Gasteiger partial charge in [0.2, 0.25) is 0 Å². The van der Waals surface area contributed by atoms with Crippen LogP contribution in [0.4, 0.5) is 10.7 Å². The molecular formula is C15H11BrN4O5. The first kappa shape index (κ1) is 16.8. The van der Waals surface area contributed by atoms with E-state index in [2.05, 4.69) is 21.0 Å². The first-order valence-electron chi connectivity index (χ1n) is 7.08. The summed E-state index contributed by atoms with van der Waals surface area (Å²) in [6, 6.07) is 9.21. The molecule has 0 radical (unpaired) electrons. The van der Waals surface area contributed by atoms with Crippen LogP contribution >= 0.6 is 15.9 Å². The van der Waals surface area contributed by atoms with Gasteiger partial charge in [-0.15, -0.1) is 0 Å². The summed E-state index contributed by atoms with van der Waals surface area (Å²) < 4.78 is 5.81. The van der Waals surface area contributed by atoms with Gasteiger partial charge in [-0.2, -0.15) is 5.10 Å². The van der Waals surface area contributed by atoms with Crippen molar-refractivity contribution in [3.63, 3.8) is 0 Å². The summed E-state index contributed by atoms with van der Waals surface area (Å²) in [6.45, 7) is -0.0577. The molecule has 2 heterocycles. The summed E-state index contributed by atoms with van der Waals surface area (Å²) in [4.78, 5) is 35.3. The predicted molar refractivity (Wildman–Crippen MR) is 89.8 cm³/mol. The Morgan fingerprint density at radius 3 is 2.60 bits per heavy atom. The molecule has 2 aromatic rings. The zero-order valence-electron chi connectivity index (χ0n) is 12.7. The Morgan fingerprint density at radius 2 is 1.96 bits per heavy atom. The minimum absolute atomic E-state index is 0.110. The molecule has 9 nitrogen and oxygen atoms in total. The van der Waals surface area contributed by atoms with Crippen LogP contribution < -0.4 is 0 Å². The number of urea groups is 1. The second kappa shape index (κ2) is 6.85. The van der Waals surface area contributed by atoms with E-state index in [-0.39, 0.29) is 24.8 Å². The minimum atomic E-state index is -0.679. The summed E-state index contributed by atoms with van der Waals surface area (Å²) >= 11 is 3.32. The molecule has 3 amide bonds. The number of amides is 3. The SMILES string of the molecule is O=C1CN(/N=C/c2ccc([N+](=O)[O-])o2)C(=O)N1Cc1ccc(Br)cc1. The highest BCUT2D eigenvalue weighted by Crippen LogP contribution is 2.18. The van der Waals surface area contributed by atoms with E-state index in [4.69, 9.17) is 4.42 Å². The van der Waals surface area contributed by atoms with Crippen LogP contribution in [0.3, 0.4) is 0 Å². The molecule has 0 N–H and O–H groups in total. The lowest BCUT2D eigenvalue weighted by molar-refractivity contribution is -0.402. The van der Waals surface area contributed by atoms with Crippen LogP contribution in [0.1, 0.15) is 11.3 Å². The lowest BCUT2D eigenvalue weighted by Crippen LogP contribution is -2.30. The van der Waals surface area contributed by atoms with Crippen molar-refractivity contribution in [2.45, 2.75) is 6.54 Å². The first-order valence-corrected chi connectivity index (χ1v) is 7.88. The average Bonchev–Trinajstić information content (AvgIpc) is 3.15. The summed E-state index contributed by atoms with van der Waals surface area (Å²) in [5, 5.41) is 15.4. The van der Waals surface area contributed by atoms with Gasteiger partial charge in [0.25, 0.3) is 5.91 Å². The number of hydrogen-bond acceptors (Lipinski definition) is 6. The summed E-state index contributed by atoms with van der Waals surface area (Å²) in [5.74, 6) is -0.698. The maximum Gasteiger partial charge on any atom is 0.433 e. The van der Waals surface area contributed by atoms with Gasteiger partial charge >= 0.3 is 11.9 Å². The third-order valence-corrected chi connectivity index (χ3v) is 3.94. The molecule has 1 aromatic heterocycles. The van der Waals surface area contributed by atoms with E-state index >= 15 is 0 Å². The van der Waals surface area contributed by atoms with Crippen molar-refractivity contribution >= 4 is 40.0 Å². The molecule has 3 rings (SSSR count). The van der Waals surface area contributed by atoms with E-state index in [9.17, 15) is 19.7 Å². The molecule has 0 aliphatic carbocycles. The fourth-order valence-electron chi connectivity index (χ4n) is 2.18. The molecule has 1 aromatic carbocycles. The van der Waals surface area contributed by atoms with Gasteiger partial charge in [-0.25, -0.2) is 9.80 Å². The van der Waals surface area contributed by atoms with Crippen LogP contribution in [-0.2, 0) is 11.3 Å². The zero-order valence-corrected chi connectivity index (χ0v) is 14.2. The Morgan fingerprint density at radius 1 is 1.24 bits per heavy atom. The molecule has 0 saturated carbocycles. The Kier molecular flexibility index (Phi) is 4.61. The van der Waals surface area contributed by atoms with Crippen molar-refractivity contribution in [3.8, 4) is 0 Å². The van der Waals surface area contributed by atoms with Gasteiger partial charge in [0.15, 0.2) is 5.76 Å². The number of hydrazone groups is 1. The summed E-state index contributed by atoms with van der Waals surface area (Å²) in [5.41, 5.74) is 0.803. The number of halogens is 1. The molecule has 1 aliphatic rings. The number of carbonyl (C=O) groups excluding carboxylic acids is 2. The van der Waals surface area contributed by atoms with Crippen molar-refractivity contribution < 1.29 is 18.9 Å². The monoisotopic (exact) mass is 406 g/mol. The largest absolute Gasteiger partial charge is 0.433 e. The number of rotatable bonds is 5. The number of nitrogens with zero attached hydrogens (tertiary/aromatic N) is 4. The fourth-order valence-corrected chi connectivity index (χ4v) is 2.45. The molecule has 0 spiro atoms. The van der Waals surface area contributed by atoms with Gasteiger partial charge in [-0.05, 0) is 23.8 Å². The van der Waals surface area contributed by atoms with Gasteiger partial charge in [0.05, 0.1) is 18.8 Å². The molecule has 0 bridgehead atoms. The van der Waals surface area contributed by atoms with E-state index in [0.29, 0.717) is 0 Å². The van der Waals surface area contributed by atoms with Crippen LogP contribution in [0.15, 0.2) is 50.4 Å². The van der Waals surface area contributed by atoms with E-state index in [0.717, 1.165) is 26.2 Å². The van der Waals surface area contributed by atoms with Crippen molar-refractivity contribution in [3.05, 3.63) is 62.3 Å². The number of carbonyl (C=O) groups is 2.